The van der Waals surface area contributed by atoms with Crippen molar-refractivity contribution in [2.75, 3.05) is 13.1 Å². The fraction of sp³-hybridized carbons (Fsp3) is 0.529. The minimum atomic E-state index is -0.832. The quantitative estimate of drug-likeness (QED) is 0.864. The number of benzene rings is 1. The topological polar surface area (TPSA) is 52.9 Å². The van der Waals surface area contributed by atoms with Crippen LogP contribution < -0.4 is 0 Å². The van der Waals surface area contributed by atoms with Crippen LogP contribution in [0.4, 0.5) is 0 Å². The molecule has 22 heavy (non-hydrogen) atoms. The molecule has 2 fully saturated rings. The third-order valence-corrected chi connectivity index (χ3v) is 5.67. The van der Waals surface area contributed by atoms with Crippen LogP contribution >= 0.6 is 11.6 Å². The van der Waals surface area contributed by atoms with E-state index in [2.05, 4.69) is 4.99 Å². The number of carbonyl (C=O) groups is 1. The Kier molecular flexibility index (Phi) is 3.10. The number of hydrogen-bond acceptors (Lipinski definition) is 3. The molecular weight excluding hydrogens is 300 g/mol. The highest BCUT2D eigenvalue weighted by Crippen LogP contribution is 2.50. The van der Waals surface area contributed by atoms with Crippen molar-refractivity contribution in [2.45, 2.75) is 31.9 Å². The van der Waals surface area contributed by atoms with Crippen LogP contribution in [0.15, 0.2) is 17.1 Å². The van der Waals surface area contributed by atoms with Crippen LogP contribution in [-0.2, 0) is 16.9 Å². The Labute approximate surface area is 134 Å². The molecule has 116 valence electrons. The molecule has 0 aromatic heterocycles. The number of halogens is 1. The van der Waals surface area contributed by atoms with Crippen LogP contribution in [0.3, 0.4) is 0 Å². The van der Waals surface area contributed by atoms with E-state index in [-0.39, 0.29) is 5.91 Å². The molecule has 1 N–H and O–H groups in total. The summed E-state index contributed by atoms with van der Waals surface area (Å²) in [6.45, 7) is 3.77. The molecule has 0 radical (unpaired) electrons. The Morgan fingerprint density at radius 2 is 2.05 bits per heavy atom. The molecule has 3 atom stereocenters. The maximum absolute atomic E-state index is 11.5. The first kappa shape index (κ1) is 14.2. The number of amides is 1. The van der Waals surface area contributed by atoms with Crippen LogP contribution in [0.2, 0.25) is 5.02 Å². The van der Waals surface area contributed by atoms with Crippen molar-refractivity contribution in [3.8, 4) is 0 Å². The van der Waals surface area contributed by atoms with Gasteiger partial charge in [0, 0.05) is 31.3 Å². The number of nitrogens with zero attached hydrogens (tertiary/aromatic N) is 2. The molecule has 1 aromatic carbocycles. The van der Waals surface area contributed by atoms with E-state index in [1.165, 1.54) is 0 Å². The second kappa shape index (κ2) is 4.80. The predicted octanol–water partition coefficient (Wildman–Crippen LogP) is 2.35. The lowest BCUT2D eigenvalue weighted by atomic mass is 9.85. The summed E-state index contributed by atoms with van der Waals surface area (Å²) in [5, 5.41) is 11.9. The summed E-state index contributed by atoms with van der Waals surface area (Å²) in [7, 11) is 0. The largest absolute Gasteiger partial charge is 0.385 e. The van der Waals surface area contributed by atoms with E-state index < -0.39 is 5.60 Å². The first-order chi connectivity index (χ1) is 10.5. The number of aliphatic imine (C=N–C) groups is 1. The lowest BCUT2D eigenvalue weighted by Crippen LogP contribution is -2.31. The van der Waals surface area contributed by atoms with Crippen LogP contribution in [0.1, 0.15) is 36.5 Å². The van der Waals surface area contributed by atoms with Gasteiger partial charge in [-0.25, -0.2) is 0 Å². The summed E-state index contributed by atoms with van der Waals surface area (Å²) >= 11 is 6.23. The van der Waals surface area contributed by atoms with E-state index in [1.807, 2.05) is 23.2 Å². The first-order valence-corrected chi connectivity index (χ1v) is 8.15. The van der Waals surface area contributed by atoms with Crippen molar-refractivity contribution >= 4 is 23.7 Å². The average molecular weight is 319 g/mol. The zero-order valence-corrected chi connectivity index (χ0v) is 13.3. The van der Waals surface area contributed by atoms with Gasteiger partial charge in [0.15, 0.2) is 0 Å². The molecular formula is C17H19ClN2O2. The lowest BCUT2D eigenvalue weighted by Gasteiger charge is -2.28. The Hall–Kier alpha value is -1.39. The summed E-state index contributed by atoms with van der Waals surface area (Å²) < 4.78 is 0. The highest BCUT2D eigenvalue weighted by molar-refractivity contribution is 6.31. The van der Waals surface area contributed by atoms with Crippen molar-refractivity contribution in [1.82, 2.24) is 4.90 Å². The highest BCUT2D eigenvalue weighted by atomic mass is 35.5. The number of aliphatic hydroxyl groups is 1. The van der Waals surface area contributed by atoms with Gasteiger partial charge in [-0.05, 0) is 53.5 Å². The molecule has 4 rings (SSSR count). The van der Waals surface area contributed by atoms with E-state index in [4.69, 9.17) is 11.6 Å². The molecule has 0 bridgehead atoms. The smallest absolute Gasteiger partial charge is 0.219 e. The fourth-order valence-electron chi connectivity index (χ4n) is 4.43. The summed E-state index contributed by atoms with van der Waals surface area (Å²) in [6, 6.07) is 3.81. The normalized spacial score (nSPS) is 32.4. The van der Waals surface area contributed by atoms with Gasteiger partial charge in [0.2, 0.25) is 5.91 Å². The Morgan fingerprint density at radius 3 is 2.68 bits per heavy atom. The van der Waals surface area contributed by atoms with Crippen LogP contribution in [0.25, 0.3) is 0 Å². The maximum Gasteiger partial charge on any atom is 0.219 e. The monoisotopic (exact) mass is 318 g/mol. The summed E-state index contributed by atoms with van der Waals surface area (Å²) in [4.78, 5) is 17.8. The zero-order valence-electron chi connectivity index (χ0n) is 12.6. The first-order valence-electron chi connectivity index (χ1n) is 7.77. The fourth-order valence-corrected chi connectivity index (χ4v) is 4.66. The van der Waals surface area contributed by atoms with Crippen molar-refractivity contribution in [1.29, 1.82) is 0 Å². The van der Waals surface area contributed by atoms with Crippen LogP contribution in [0, 0.1) is 11.8 Å². The molecule has 1 saturated carbocycles. The summed E-state index contributed by atoms with van der Waals surface area (Å²) in [5.74, 6) is 0.895. The number of rotatable bonds is 1. The molecule has 1 aliphatic carbocycles. The van der Waals surface area contributed by atoms with Gasteiger partial charge in [0.25, 0.3) is 0 Å². The molecule has 4 nitrogen and oxygen atoms in total. The maximum atomic E-state index is 11.5. The lowest BCUT2D eigenvalue weighted by molar-refractivity contribution is -0.128. The number of fused-ring (bicyclic) bond motifs is 2. The van der Waals surface area contributed by atoms with Gasteiger partial charge in [-0.1, -0.05) is 11.6 Å². The van der Waals surface area contributed by atoms with E-state index in [0.717, 1.165) is 29.8 Å². The van der Waals surface area contributed by atoms with Gasteiger partial charge >= 0.3 is 0 Å². The Balaban J connectivity index is 1.65. The van der Waals surface area contributed by atoms with Crippen LogP contribution in [0.5, 0.6) is 0 Å². The van der Waals surface area contributed by atoms with Gasteiger partial charge in [-0.15, -0.1) is 0 Å². The molecule has 3 aliphatic rings. The molecule has 0 spiro atoms. The van der Waals surface area contributed by atoms with Crippen molar-refractivity contribution in [2.24, 2.45) is 16.8 Å². The van der Waals surface area contributed by atoms with E-state index in [0.29, 0.717) is 36.2 Å². The molecule has 2 heterocycles. The standard InChI is InChI=1S/C17H19ClN2O2/c1-10(21)20-8-12-4-17(22,5-13(12)9-20)16-3-14(18)2-11-6-19-7-15(11)16/h2-3,6,12-13,22H,4-5,7-9H2,1H3/t12-,13+,17?. The van der Waals surface area contributed by atoms with Gasteiger partial charge < -0.3 is 10.0 Å². The predicted molar refractivity (Wildman–Crippen MR) is 85.1 cm³/mol. The van der Waals surface area contributed by atoms with E-state index in [1.54, 1.807) is 6.92 Å². The average Bonchev–Trinajstić information content (AvgIpc) is 3.10. The summed E-state index contributed by atoms with van der Waals surface area (Å²) in [6.07, 6.45) is 3.24. The highest BCUT2D eigenvalue weighted by Gasteiger charge is 2.50. The Morgan fingerprint density at radius 1 is 1.36 bits per heavy atom. The van der Waals surface area contributed by atoms with Crippen LogP contribution in [-0.4, -0.2) is 35.2 Å². The minimum absolute atomic E-state index is 0.134. The molecule has 1 amide bonds. The zero-order chi connectivity index (χ0) is 15.5. The number of likely N-dealkylation sites (tertiary alicyclic amines) is 1. The van der Waals surface area contributed by atoms with Crippen molar-refractivity contribution in [3.63, 3.8) is 0 Å². The van der Waals surface area contributed by atoms with E-state index in [9.17, 15) is 9.90 Å². The second-order valence-corrected chi connectivity index (χ2v) is 7.31. The van der Waals surface area contributed by atoms with Gasteiger partial charge in [0.1, 0.15) is 0 Å². The third-order valence-electron chi connectivity index (χ3n) is 5.45. The number of hydrogen-bond donors (Lipinski definition) is 1. The summed E-state index contributed by atoms with van der Waals surface area (Å²) in [5.41, 5.74) is 2.24. The molecule has 2 aliphatic heterocycles. The number of carbonyl (C=O) groups excluding carboxylic acids is 1. The van der Waals surface area contributed by atoms with Crippen molar-refractivity contribution in [3.05, 3.63) is 33.8 Å². The minimum Gasteiger partial charge on any atom is -0.385 e. The molecule has 1 aromatic rings. The SMILES string of the molecule is CC(=O)N1C[C@@H]2CC(O)(c3cc(Cl)cc4c3CN=C4)C[C@@H]2C1. The van der Waals surface area contributed by atoms with Gasteiger partial charge in [-0.3, -0.25) is 9.79 Å². The molecule has 1 unspecified atom stereocenters. The van der Waals surface area contributed by atoms with Gasteiger partial charge in [-0.2, -0.15) is 0 Å². The van der Waals surface area contributed by atoms with Crippen molar-refractivity contribution < 1.29 is 9.90 Å². The third kappa shape index (κ3) is 2.09. The molecule has 5 heteroatoms. The molecule has 1 saturated heterocycles. The second-order valence-electron chi connectivity index (χ2n) is 6.87. The Bertz CT molecular complexity index is 671. The van der Waals surface area contributed by atoms with E-state index >= 15 is 0 Å². The van der Waals surface area contributed by atoms with Gasteiger partial charge in [0.05, 0.1) is 12.1 Å².